The predicted octanol–water partition coefficient (Wildman–Crippen LogP) is 9.94. The molecule has 0 aliphatic rings. The van der Waals surface area contributed by atoms with Gasteiger partial charge in [-0.15, -0.1) is 0 Å². The summed E-state index contributed by atoms with van der Waals surface area (Å²) in [6.07, 6.45) is 29.1. The number of carbonyl (C=O) groups excluding carboxylic acids is 2. The Labute approximate surface area is 267 Å². The molecule has 256 valence electrons. The van der Waals surface area contributed by atoms with Crippen LogP contribution in [0, 0.1) is 0 Å². The van der Waals surface area contributed by atoms with Gasteiger partial charge in [-0.1, -0.05) is 124 Å². The number of hydrogen-bond acceptors (Lipinski definition) is 6. The molecule has 0 heterocycles. The summed E-state index contributed by atoms with van der Waals surface area (Å²) >= 11 is 0. The molecular formula is C37H73NO5. The Morgan fingerprint density at radius 2 is 1.00 bits per heavy atom. The Morgan fingerprint density at radius 3 is 1.58 bits per heavy atom. The van der Waals surface area contributed by atoms with E-state index in [1.54, 1.807) is 0 Å². The molecule has 0 fully saturated rings. The number of ether oxygens (including phenoxy) is 2. The molecule has 0 aromatic heterocycles. The Balaban J connectivity index is 4.04. The first-order valence-electron chi connectivity index (χ1n) is 18.8. The molecule has 0 aromatic carbocycles. The van der Waals surface area contributed by atoms with E-state index < -0.39 is 0 Å². The van der Waals surface area contributed by atoms with Crippen LogP contribution in [0.1, 0.15) is 188 Å². The molecule has 0 saturated carbocycles. The Hall–Kier alpha value is -1.14. The monoisotopic (exact) mass is 612 g/mol. The molecule has 0 unspecified atom stereocenters. The molecule has 0 spiro atoms. The van der Waals surface area contributed by atoms with E-state index in [2.05, 4.69) is 25.7 Å². The molecule has 0 radical (unpaired) electrons. The van der Waals surface area contributed by atoms with Crippen molar-refractivity contribution in [2.24, 2.45) is 0 Å². The van der Waals surface area contributed by atoms with Gasteiger partial charge in [0.15, 0.2) is 0 Å². The summed E-state index contributed by atoms with van der Waals surface area (Å²) in [4.78, 5) is 26.7. The highest BCUT2D eigenvalue weighted by molar-refractivity contribution is 5.69. The SMILES string of the molecule is CCCCCCCCC(CCCCCCCC)OC(=O)CCCCCCCCN(CCO)CCCC(=O)OCCCCC. The minimum atomic E-state index is -0.102. The molecule has 0 aliphatic heterocycles. The van der Waals surface area contributed by atoms with Gasteiger partial charge in [0.05, 0.1) is 13.2 Å². The zero-order valence-corrected chi connectivity index (χ0v) is 29.0. The molecule has 0 aliphatic carbocycles. The minimum absolute atomic E-state index is 0.00597. The molecular weight excluding hydrogens is 538 g/mol. The molecule has 0 amide bonds. The van der Waals surface area contributed by atoms with Gasteiger partial charge in [-0.2, -0.15) is 0 Å². The average molecular weight is 612 g/mol. The summed E-state index contributed by atoms with van der Waals surface area (Å²) in [6, 6.07) is 0. The highest BCUT2D eigenvalue weighted by atomic mass is 16.5. The van der Waals surface area contributed by atoms with Crippen LogP contribution in [0.5, 0.6) is 0 Å². The third-order valence-electron chi connectivity index (χ3n) is 8.45. The van der Waals surface area contributed by atoms with Crippen LogP contribution in [0.2, 0.25) is 0 Å². The lowest BCUT2D eigenvalue weighted by Crippen LogP contribution is -2.29. The van der Waals surface area contributed by atoms with Crippen LogP contribution in [0.15, 0.2) is 0 Å². The van der Waals surface area contributed by atoms with Crippen LogP contribution in [0.4, 0.5) is 0 Å². The van der Waals surface area contributed by atoms with Gasteiger partial charge in [-0.3, -0.25) is 9.59 Å². The van der Waals surface area contributed by atoms with Crippen molar-refractivity contribution in [1.29, 1.82) is 0 Å². The van der Waals surface area contributed by atoms with Crippen LogP contribution in [-0.2, 0) is 19.1 Å². The van der Waals surface area contributed by atoms with Gasteiger partial charge in [0, 0.05) is 19.4 Å². The molecule has 0 saturated heterocycles. The highest BCUT2D eigenvalue weighted by Crippen LogP contribution is 2.18. The number of aliphatic hydroxyl groups is 1. The molecule has 1 N–H and O–H groups in total. The quantitative estimate of drug-likeness (QED) is 0.0576. The lowest BCUT2D eigenvalue weighted by atomic mass is 10.0. The maximum absolute atomic E-state index is 12.6. The highest BCUT2D eigenvalue weighted by Gasteiger charge is 2.14. The zero-order chi connectivity index (χ0) is 31.6. The third-order valence-corrected chi connectivity index (χ3v) is 8.45. The van der Waals surface area contributed by atoms with E-state index in [-0.39, 0.29) is 24.6 Å². The maximum atomic E-state index is 12.6. The summed E-state index contributed by atoms with van der Waals surface area (Å²) in [5.74, 6) is -0.0958. The number of hydrogen-bond donors (Lipinski definition) is 1. The smallest absolute Gasteiger partial charge is 0.306 e. The fraction of sp³-hybridized carbons (Fsp3) is 0.946. The first-order valence-corrected chi connectivity index (χ1v) is 18.8. The van der Waals surface area contributed by atoms with E-state index >= 15 is 0 Å². The van der Waals surface area contributed by atoms with Gasteiger partial charge in [-0.05, 0) is 64.5 Å². The lowest BCUT2D eigenvalue weighted by molar-refractivity contribution is -0.150. The van der Waals surface area contributed by atoms with Crippen LogP contribution >= 0.6 is 0 Å². The Kier molecular flexibility index (Phi) is 32.9. The Bertz CT molecular complexity index is 584. The summed E-state index contributed by atoms with van der Waals surface area (Å²) in [5.41, 5.74) is 0. The van der Waals surface area contributed by atoms with E-state index in [0.717, 1.165) is 83.7 Å². The molecule has 0 atom stereocenters. The Morgan fingerprint density at radius 1 is 0.535 bits per heavy atom. The number of rotatable bonds is 34. The first kappa shape index (κ1) is 41.9. The third kappa shape index (κ3) is 30.7. The first-order chi connectivity index (χ1) is 21.1. The molecule has 0 rings (SSSR count). The topological polar surface area (TPSA) is 76.1 Å². The molecule has 0 bridgehead atoms. The van der Waals surface area contributed by atoms with Crippen molar-refractivity contribution in [3.8, 4) is 0 Å². The average Bonchev–Trinajstić information content (AvgIpc) is 2.99. The standard InChI is InChI=1S/C37H73NO5/c1-4-7-10-12-16-20-26-35(27-21-17-13-11-8-5-2)43-37(41)28-22-18-14-15-19-23-30-38(32-33-39)31-25-29-36(40)42-34-24-9-6-3/h35,39H,4-34H2,1-3H3. The summed E-state index contributed by atoms with van der Waals surface area (Å²) in [7, 11) is 0. The number of nitrogens with zero attached hydrogens (tertiary/aromatic N) is 1. The number of esters is 2. The summed E-state index contributed by atoms with van der Waals surface area (Å²) < 4.78 is 11.3. The molecule has 43 heavy (non-hydrogen) atoms. The second-order valence-corrected chi connectivity index (χ2v) is 12.7. The van der Waals surface area contributed by atoms with Crippen molar-refractivity contribution in [3.05, 3.63) is 0 Å². The van der Waals surface area contributed by atoms with Crippen molar-refractivity contribution >= 4 is 11.9 Å². The van der Waals surface area contributed by atoms with E-state index in [0.29, 0.717) is 26.0 Å². The summed E-state index contributed by atoms with van der Waals surface area (Å²) in [6.45, 7) is 9.77. The van der Waals surface area contributed by atoms with Crippen LogP contribution in [0.25, 0.3) is 0 Å². The van der Waals surface area contributed by atoms with Crippen molar-refractivity contribution < 1.29 is 24.2 Å². The van der Waals surface area contributed by atoms with Gasteiger partial charge >= 0.3 is 11.9 Å². The van der Waals surface area contributed by atoms with E-state index in [1.807, 2.05) is 0 Å². The molecule has 6 heteroatoms. The van der Waals surface area contributed by atoms with E-state index in [4.69, 9.17) is 9.47 Å². The van der Waals surface area contributed by atoms with E-state index in [1.165, 1.54) is 83.5 Å². The van der Waals surface area contributed by atoms with Crippen LogP contribution in [-0.4, -0.2) is 60.9 Å². The zero-order valence-electron chi connectivity index (χ0n) is 29.0. The second-order valence-electron chi connectivity index (χ2n) is 12.7. The fourth-order valence-corrected chi connectivity index (χ4v) is 5.66. The largest absolute Gasteiger partial charge is 0.466 e. The van der Waals surface area contributed by atoms with Crippen LogP contribution < -0.4 is 0 Å². The lowest BCUT2D eigenvalue weighted by Gasteiger charge is -2.21. The fourth-order valence-electron chi connectivity index (χ4n) is 5.66. The normalized spacial score (nSPS) is 11.5. The number of aliphatic hydroxyl groups excluding tert-OH is 1. The van der Waals surface area contributed by atoms with Crippen LogP contribution in [0.3, 0.4) is 0 Å². The van der Waals surface area contributed by atoms with Gasteiger partial charge < -0.3 is 19.5 Å². The van der Waals surface area contributed by atoms with Crippen molar-refractivity contribution in [2.45, 2.75) is 194 Å². The van der Waals surface area contributed by atoms with Gasteiger partial charge in [0.2, 0.25) is 0 Å². The second kappa shape index (κ2) is 33.7. The molecule has 0 aromatic rings. The van der Waals surface area contributed by atoms with Gasteiger partial charge in [0.1, 0.15) is 6.10 Å². The minimum Gasteiger partial charge on any atom is -0.466 e. The number of unbranched alkanes of at least 4 members (excludes halogenated alkanes) is 17. The van der Waals surface area contributed by atoms with Crippen molar-refractivity contribution in [2.75, 3.05) is 32.8 Å². The molecule has 6 nitrogen and oxygen atoms in total. The van der Waals surface area contributed by atoms with E-state index in [9.17, 15) is 14.7 Å². The van der Waals surface area contributed by atoms with Crippen molar-refractivity contribution in [3.63, 3.8) is 0 Å². The summed E-state index contributed by atoms with van der Waals surface area (Å²) in [5, 5.41) is 9.40. The predicted molar refractivity (Wildman–Crippen MR) is 181 cm³/mol. The van der Waals surface area contributed by atoms with Crippen molar-refractivity contribution in [1.82, 2.24) is 4.90 Å². The van der Waals surface area contributed by atoms with Gasteiger partial charge in [0.25, 0.3) is 0 Å². The maximum Gasteiger partial charge on any atom is 0.306 e. The van der Waals surface area contributed by atoms with Gasteiger partial charge in [-0.25, -0.2) is 0 Å². The number of carbonyl (C=O) groups is 2.